The maximum Gasteiger partial charge on any atom is 0.260 e. The Labute approximate surface area is 139 Å². The summed E-state index contributed by atoms with van der Waals surface area (Å²) in [6.07, 6.45) is 3.78. The highest BCUT2D eigenvalue weighted by Gasteiger charge is 2.20. The third kappa shape index (κ3) is 2.95. The normalized spacial score (nSPS) is 15.6. The number of nitrogens with one attached hydrogen (secondary N) is 2. The number of fused-ring (bicyclic) bond motifs is 1. The average molecular weight is 321 g/mol. The first-order chi connectivity index (χ1) is 11.8. The minimum absolute atomic E-state index is 0.103. The molecule has 1 aliphatic heterocycles. The van der Waals surface area contributed by atoms with Crippen LogP contribution in [0.4, 0.5) is 11.8 Å². The lowest BCUT2D eigenvalue weighted by Gasteiger charge is -2.33. The van der Waals surface area contributed by atoms with Crippen LogP contribution in [-0.2, 0) is 0 Å². The summed E-state index contributed by atoms with van der Waals surface area (Å²) in [6.45, 7) is 1.87. The van der Waals surface area contributed by atoms with Crippen molar-refractivity contribution in [1.29, 1.82) is 0 Å². The molecule has 0 radical (unpaired) electrons. The van der Waals surface area contributed by atoms with Gasteiger partial charge >= 0.3 is 0 Å². The van der Waals surface area contributed by atoms with E-state index in [0.29, 0.717) is 17.4 Å². The second-order valence-corrected chi connectivity index (χ2v) is 6.03. The molecule has 0 bridgehead atoms. The van der Waals surface area contributed by atoms with E-state index >= 15 is 0 Å². The fraction of sp³-hybridized carbons (Fsp3) is 0.278. The van der Waals surface area contributed by atoms with Gasteiger partial charge in [0, 0.05) is 25.3 Å². The van der Waals surface area contributed by atoms with Crippen molar-refractivity contribution in [2.45, 2.75) is 18.9 Å². The summed E-state index contributed by atoms with van der Waals surface area (Å²) in [5.74, 6) is 1.57. The molecule has 0 atom stereocenters. The van der Waals surface area contributed by atoms with E-state index < -0.39 is 0 Å². The van der Waals surface area contributed by atoms with Crippen LogP contribution in [-0.4, -0.2) is 34.1 Å². The summed E-state index contributed by atoms with van der Waals surface area (Å²) in [5, 5.41) is 3.99. The summed E-state index contributed by atoms with van der Waals surface area (Å²) in [7, 11) is 0. The van der Waals surface area contributed by atoms with Crippen LogP contribution in [0.5, 0.6) is 0 Å². The van der Waals surface area contributed by atoms with E-state index in [1.54, 1.807) is 6.07 Å². The molecule has 0 spiro atoms. The van der Waals surface area contributed by atoms with Crippen LogP contribution < -0.4 is 15.8 Å². The van der Waals surface area contributed by atoms with Crippen molar-refractivity contribution in [2.24, 2.45) is 0 Å². The number of pyridine rings is 1. The first kappa shape index (κ1) is 14.7. The molecular weight excluding hydrogens is 302 g/mol. The first-order valence-electron chi connectivity index (χ1n) is 8.21. The Kier molecular flexibility index (Phi) is 3.86. The lowest BCUT2D eigenvalue weighted by Crippen LogP contribution is -2.40. The van der Waals surface area contributed by atoms with Gasteiger partial charge in [0.25, 0.3) is 5.56 Å². The van der Waals surface area contributed by atoms with Gasteiger partial charge in [-0.25, -0.2) is 9.97 Å². The number of hydrogen-bond acceptors (Lipinski definition) is 5. The molecule has 4 rings (SSSR count). The molecule has 1 fully saturated rings. The SMILES string of the molecule is O=c1[nH]c(NC2CCN(c3ccccn3)CC2)nc2ccccc12. The van der Waals surface area contributed by atoms with Crippen LogP contribution >= 0.6 is 0 Å². The molecule has 122 valence electrons. The number of para-hydroxylation sites is 1. The molecule has 1 aliphatic rings. The number of aromatic nitrogens is 3. The molecule has 1 saturated heterocycles. The van der Waals surface area contributed by atoms with Crippen molar-refractivity contribution < 1.29 is 0 Å². The smallest absolute Gasteiger partial charge is 0.260 e. The third-order valence-corrected chi connectivity index (χ3v) is 4.42. The second kappa shape index (κ2) is 6.31. The Bertz CT molecular complexity index is 885. The zero-order chi connectivity index (χ0) is 16.4. The zero-order valence-corrected chi connectivity index (χ0v) is 13.3. The quantitative estimate of drug-likeness (QED) is 0.775. The van der Waals surface area contributed by atoms with Crippen molar-refractivity contribution in [3.63, 3.8) is 0 Å². The average Bonchev–Trinajstić information content (AvgIpc) is 2.63. The number of H-pyrrole nitrogens is 1. The van der Waals surface area contributed by atoms with Crippen molar-refractivity contribution in [3.05, 3.63) is 59.0 Å². The number of aromatic amines is 1. The molecular formula is C18H19N5O. The summed E-state index contributed by atoms with van der Waals surface area (Å²) in [4.78, 5) is 26.2. The molecule has 0 aliphatic carbocycles. The molecule has 0 unspecified atom stereocenters. The van der Waals surface area contributed by atoms with Gasteiger partial charge in [-0.3, -0.25) is 9.78 Å². The van der Waals surface area contributed by atoms with Crippen LogP contribution in [0.3, 0.4) is 0 Å². The number of piperidine rings is 1. The lowest BCUT2D eigenvalue weighted by molar-refractivity contribution is 0.521. The number of benzene rings is 1. The van der Waals surface area contributed by atoms with Gasteiger partial charge in [0.2, 0.25) is 5.95 Å². The van der Waals surface area contributed by atoms with E-state index in [1.807, 2.05) is 42.6 Å². The molecule has 0 amide bonds. The van der Waals surface area contributed by atoms with Gasteiger partial charge in [-0.05, 0) is 37.1 Å². The number of anilines is 2. The Morgan fingerprint density at radius 3 is 2.67 bits per heavy atom. The molecule has 6 nitrogen and oxygen atoms in total. The first-order valence-corrected chi connectivity index (χ1v) is 8.21. The minimum Gasteiger partial charge on any atom is -0.356 e. The summed E-state index contributed by atoms with van der Waals surface area (Å²) < 4.78 is 0. The predicted octanol–water partition coefficient (Wildman–Crippen LogP) is 2.40. The summed E-state index contributed by atoms with van der Waals surface area (Å²) >= 11 is 0. The molecule has 24 heavy (non-hydrogen) atoms. The van der Waals surface area contributed by atoms with Gasteiger partial charge in [0.1, 0.15) is 5.82 Å². The fourth-order valence-corrected chi connectivity index (χ4v) is 3.14. The number of nitrogens with zero attached hydrogens (tertiary/aromatic N) is 3. The van der Waals surface area contributed by atoms with E-state index in [2.05, 4.69) is 25.2 Å². The van der Waals surface area contributed by atoms with Crippen molar-refractivity contribution in [1.82, 2.24) is 15.0 Å². The van der Waals surface area contributed by atoms with Crippen LogP contribution in [0.25, 0.3) is 10.9 Å². The highest BCUT2D eigenvalue weighted by molar-refractivity contribution is 5.78. The van der Waals surface area contributed by atoms with Gasteiger partial charge < -0.3 is 10.2 Å². The third-order valence-electron chi connectivity index (χ3n) is 4.42. The summed E-state index contributed by atoms with van der Waals surface area (Å²) in [6, 6.07) is 13.7. The van der Waals surface area contributed by atoms with E-state index in [9.17, 15) is 4.79 Å². The standard InChI is InChI=1S/C18H19N5O/c24-17-14-5-1-2-6-15(14)21-18(22-17)20-13-8-11-23(12-9-13)16-7-3-4-10-19-16/h1-7,10,13H,8-9,11-12H2,(H2,20,21,22,24). The number of hydrogen-bond donors (Lipinski definition) is 2. The zero-order valence-electron chi connectivity index (χ0n) is 13.3. The van der Waals surface area contributed by atoms with E-state index in [-0.39, 0.29) is 5.56 Å². The molecule has 0 saturated carbocycles. The van der Waals surface area contributed by atoms with Crippen LogP contribution in [0.2, 0.25) is 0 Å². The summed E-state index contributed by atoms with van der Waals surface area (Å²) in [5.41, 5.74) is 0.615. The monoisotopic (exact) mass is 321 g/mol. The highest BCUT2D eigenvalue weighted by atomic mass is 16.1. The van der Waals surface area contributed by atoms with Crippen molar-refractivity contribution >= 4 is 22.7 Å². The molecule has 1 aromatic carbocycles. The Hall–Kier alpha value is -2.89. The van der Waals surface area contributed by atoms with Gasteiger partial charge in [0.05, 0.1) is 10.9 Å². The van der Waals surface area contributed by atoms with Crippen LogP contribution in [0.1, 0.15) is 12.8 Å². The van der Waals surface area contributed by atoms with Crippen molar-refractivity contribution in [3.8, 4) is 0 Å². The Morgan fingerprint density at radius 1 is 1.08 bits per heavy atom. The molecule has 3 aromatic rings. The van der Waals surface area contributed by atoms with E-state index in [1.165, 1.54) is 0 Å². The van der Waals surface area contributed by atoms with Crippen LogP contribution in [0, 0.1) is 0 Å². The Balaban J connectivity index is 1.45. The maximum atomic E-state index is 12.1. The predicted molar refractivity (Wildman–Crippen MR) is 95.5 cm³/mol. The Morgan fingerprint density at radius 2 is 1.88 bits per heavy atom. The van der Waals surface area contributed by atoms with Crippen LogP contribution in [0.15, 0.2) is 53.5 Å². The van der Waals surface area contributed by atoms with Gasteiger partial charge in [-0.2, -0.15) is 0 Å². The molecule has 2 aromatic heterocycles. The van der Waals surface area contributed by atoms with E-state index in [4.69, 9.17) is 0 Å². The van der Waals surface area contributed by atoms with Gasteiger partial charge in [0.15, 0.2) is 0 Å². The largest absolute Gasteiger partial charge is 0.356 e. The maximum absolute atomic E-state index is 12.1. The second-order valence-electron chi connectivity index (χ2n) is 6.03. The minimum atomic E-state index is -0.103. The highest BCUT2D eigenvalue weighted by Crippen LogP contribution is 2.19. The topological polar surface area (TPSA) is 73.9 Å². The van der Waals surface area contributed by atoms with Gasteiger partial charge in [-0.15, -0.1) is 0 Å². The molecule has 3 heterocycles. The molecule has 6 heteroatoms. The fourth-order valence-electron chi connectivity index (χ4n) is 3.14. The van der Waals surface area contributed by atoms with Gasteiger partial charge in [-0.1, -0.05) is 18.2 Å². The lowest BCUT2D eigenvalue weighted by atomic mass is 10.1. The number of rotatable bonds is 3. The molecule has 2 N–H and O–H groups in total. The van der Waals surface area contributed by atoms with Crippen molar-refractivity contribution in [2.75, 3.05) is 23.3 Å². The van der Waals surface area contributed by atoms with E-state index in [0.717, 1.165) is 37.3 Å².